The molecule has 0 spiro atoms. The van der Waals surface area contributed by atoms with Gasteiger partial charge in [-0.15, -0.1) is 0 Å². The molecule has 0 unspecified atom stereocenters. The van der Waals surface area contributed by atoms with Crippen LogP contribution in [0.3, 0.4) is 0 Å². The Kier molecular flexibility index (Phi) is 3.82. The zero-order chi connectivity index (χ0) is 20.3. The summed E-state index contributed by atoms with van der Waals surface area (Å²) in [5.74, 6) is -1.20. The average Bonchev–Trinajstić information content (AvgIpc) is 3.11. The molecule has 128 valence electrons. The summed E-state index contributed by atoms with van der Waals surface area (Å²) in [4.78, 5) is 23.6. The molecule has 2 aromatic rings. The van der Waals surface area contributed by atoms with Gasteiger partial charge in [-0.1, -0.05) is 24.3 Å². The number of methoxy groups -OCH3 is 1. The van der Waals surface area contributed by atoms with Crippen LogP contribution in [0.2, 0.25) is 0 Å². The Morgan fingerprint density at radius 3 is 2.56 bits per heavy atom. The number of benzene rings is 2. The second-order valence-electron chi connectivity index (χ2n) is 5.78. The van der Waals surface area contributed by atoms with Crippen molar-refractivity contribution in [1.82, 2.24) is 0 Å². The molecular formula is C20H19NO4. The number of carbonyl (C=O) groups excluding carboxylic acids is 1. The maximum atomic E-state index is 12.4. The number of ether oxygens (including phenoxy) is 1. The Balaban J connectivity index is 1.74. The van der Waals surface area contributed by atoms with Crippen molar-refractivity contribution in [2.75, 3.05) is 12.4 Å². The normalized spacial score (nSPS) is 15.9. The summed E-state index contributed by atoms with van der Waals surface area (Å²) in [5.41, 5.74) is 2.64. The van der Waals surface area contributed by atoms with Gasteiger partial charge in [0.2, 0.25) is 0 Å². The fourth-order valence-electron chi connectivity index (χ4n) is 2.92. The van der Waals surface area contributed by atoms with Gasteiger partial charge in [0.1, 0.15) is 5.75 Å². The lowest BCUT2D eigenvalue weighted by Crippen LogP contribution is -2.16. The molecule has 0 fully saturated rings. The highest BCUT2D eigenvalue weighted by Gasteiger charge is 2.25. The van der Waals surface area contributed by atoms with E-state index in [9.17, 15) is 14.7 Å². The molecule has 2 aromatic carbocycles. The molecule has 0 aromatic heterocycles. The van der Waals surface area contributed by atoms with Gasteiger partial charge in [0.05, 0.1) is 11.2 Å². The topological polar surface area (TPSA) is 75.6 Å². The molecule has 1 aliphatic carbocycles. The summed E-state index contributed by atoms with van der Waals surface area (Å²) in [6.07, 6.45) is 1.53. The fourth-order valence-corrected chi connectivity index (χ4v) is 2.92. The molecule has 0 bridgehead atoms. The quantitative estimate of drug-likeness (QED) is 0.866. The van der Waals surface area contributed by atoms with Crippen LogP contribution < -0.4 is 10.1 Å². The van der Waals surface area contributed by atoms with Crippen molar-refractivity contribution in [3.63, 3.8) is 0 Å². The van der Waals surface area contributed by atoms with E-state index in [-0.39, 0.29) is 11.3 Å². The van der Waals surface area contributed by atoms with E-state index in [0.29, 0.717) is 30.5 Å². The van der Waals surface area contributed by atoms with Crippen LogP contribution in [-0.4, -0.2) is 24.0 Å². The summed E-state index contributed by atoms with van der Waals surface area (Å²) in [5, 5.41) is 11.9. The lowest BCUT2D eigenvalue weighted by molar-refractivity contribution is -0.133. The first-order valence-electron chi connectivity index (χ1n) is 9.39. The maximum absolute atomic E-state index is 12.4. The van der Waals surface area contributed by atoms with Crippen molar-refractivity contribution < 1.29 is 23.5 Å². The number of carboxylic acid groups (broad SMARTS) is 1. The lowest BCUT2D eigenvalue weighted by Gasteiger charge is -2.09. The number of carboxylic acids is 1. The zero-order valence-corrected chi connectivity index (χ0v) is 13.4. The third-order valence-corrected chi connectivity index (χ3v) is 4.18. The minimum Gasteiger partial charge on any atom is -0.497 e. The monoisotopic (exact) mass is 340 g/mol. The second-order valence-corrected chi connectivity index (χ2v) is 5.78. The molecule has 0 saturated carbocycles. The molecule has 3 rings (SSSR count). The number of anilines is 1. The fraction of sp³-hybridized carbons (Fsp3) is 0.200. The molecule has 0 heterocycles. The second kappa shape index (κ2) is 7.21. The minimum absolute atomic E-state index is 0.181. The molecule has 0 aliphatic heterocycles. The van der Waals surface area contributed by atoms with Gasteiger partial charge in [-0.3, -0.25) is 4.79 Å². The predicted octanol–water partition coefficient (Wildman–Crippen LogP) is 3.87. The summed E-state index contributed by atoms with van der Waals surface area (Å²) < 4.78 is 26.5. The Bertz CT molecular complexity index is 933. The molecule has 5 nitrogen and oxygen atoms in total. The van der Waals surface area contributed by atoms with Crippen LogP contribution in [0.4, 0.5) is 5.69 Å². The number of hydrogen-bond donors (Lipinski definition) is 2. The number of rotatable bonds is 5. The summed E-state index contributed by atoms with van der Waals surface area (Å²) in [6, 6.07) is 13.7. The van der Waals surface area contributed by atoms with Crippen molar-refractivity contribution in [1.29, 1.82) is 0 Å². The molecule has 5 heteroatoms. The molecule has 1 amide bonds. The molecule has 2 N–H and O–H groups in total. The highest BCUT2D eigenvalue weighted by molar-refractivity contribution is 6.09. The van der Waals surface area contributed by atoms with Crippen molar-refractivity contribution in [3.8, 4) is 16.9 Å². The first kappa shape index (κ1) is 13.2. The highest BCUT2D eigenvalue weighted by Crippen LogP contribution is 2.28. The van der Waals surface area contributed by atoms with E-state index in [0.717, 1.165) is 11.1 Å². The van der Waals surface area contributed by atoms with Crippen LogP contribution >= 0.6 is 0 Å². The van der Waals surface area contributed by atoms with Crippen molar-refractivity contribution in [2.24, 2.45) is 0 Å². The van der Waals surface area contributed by atoms with Crippen LogP contribution in [0, 0.1) is 0 Å². The minimum atomic E-state index is -2.52. The zero-order valence-electron chi connectivity index (χ0n) is 16.4. The van der Waals surface area contributed by atoms with Crippen LogP contribution in [0.5, 0.6) is 5.75 Å². The smallest absolute Gasteiger partial charge is 0.332 e. The first-order chi connectivity index (χ1) is 13.2. The summed E-state index contributed by atoms with van der Waals surface area (Å²) >= 11 is 0. The largest absolute Gasteiger partial charge is 0.497 e. The van der Waals surface area contributed by atoms with E-state index in [1.807, 2.05) is 6.07 Å². The lowest BCUT2D eigenvalue weighted by atomic mass is 10.0. The van der Waals surface area contributed by atoms with E-state index in [1.165, 1.54) is 0 Å². The van der Waals surface area contributed by atoms with E-state index in [2.05, 4.69) is 5.32 Å². The van der Waals surface area contributed by atoms with E-state index in [4.69, 9.17) is 8.85 Å². The van der Waals surface area contributed by atoms with Gasteiger partial charge < -0.3 is 15.2 Å². The third-order valence-electron chi connectivity index (χ3n) is 4.18. The van der Waals surface area contributed by atoms with Crippen molar-refractivity contribution in [3.05, 3.63) is 59.7 Å². The van der Waals surface area contributed by atoms with Gasteiger partial charge in [-0.05, 0) is 54.7 Å². The van der Waals surface area contributed by atoms with Crippen molar-refractivity contribution >= 4 is 17.6 Å². The van der Waals surface area contributed by atoms with Crippen LogP contribution in [-0.2, 0) is 9.59 Å². The SMILES string of the molecule is [2H]C([2H])([2H])Oc1cccc(-c2ccc(NC(=O)C3=C(C(=O)O)CCC3)cc2)c1. The Morgan fingerprint density at radius 1 is 1.08 bits per heavy atom. The number of hydrogen-bond acceptors (Lipinski definition) is 3. The number of amides is 1. The summed E-state index contributed by atoms with van der Waals surface area (Å²) in [6.45, 7) is 0. The summed E-state index contributed by atoms with van der Waals surface area (Å²) in [7, 11) is -2.52. The Morgan fingerprint density at radius 2 is 1.84 bits per heavy atom. The van der Waals surface area contributed by atoms with E-state index in [1.54, 1.807) is 42.5 Å². The van der Waals surface area contributed by atoms with E-state index >= 15 is 0 Å². The number of nitrogens with one attached hydrogen (secondary N) is 1. The number of aliphatic carboxylic acids is 1. The molecular weight excluding hydrogens is 318 g/mol. The number of carbonyl (C=O) groups is 2. The van der Waals surface area contributed by atoms with E-state index < -0.39 is 18.9 Å². The van der Waals surface area contributed by atoms with Crippen LogP contribution in [0.15, 0.2) is 59.7 Å². The molecule has 0 saturated heterocycles. The molecule has 25 heavy (non-hydrogen) atoms. The average molecular weight is 340 g/mol. The Labute approximate surface area is 150 Å². The standard InChI is InChI=1S/C20H19NO4/c1-25-16-5-2-4-14(12-16)13-8-10-15(11-9-13)21-19(22)17-6-3-7-18(17)20(23)24/h2,4-5,8-12H,3,6-7H2,1H3,(H,21,22)(H,23,24)/i1D3. The third kappa shape index (κ3) is 3.71. The van der Waals surface area contributed by atoms with Gasteiger partial charge in [0, 0.05) is 16.8 Å². The Hall–Kier alpha value is -3.08. The van der Waals surface area contributed by atoms with Gasteiger partial charge in [-0.2, -0.15) is 0 Å². The highest BCUT2D eigenvalue weighted by atomic mass is 16.5. The van der Waals surface area contributed by atoms with Crippen LogP contribution in [0.25, 0.3) is 11.1 Å². The van der Waals surface area contributed by atoms with Gasteiger partial charge in [-0.25, -0.2) is 4.79 Å². The van der Waals surface area contributed by atoms with Gasteiger partial charge in [0.15, 0.2) is 0 Å². The van der Waals surface area contributed by atoms with Crippen molar-refractivity contribution in [2.45, 2.75) is 19.3 Å². The molecule has 1 aliphatic rings. The molecule has 0 radical (unpaired) electrons. The first-order valence-corrected chi connectivity index (χ1v) is 7.89. The predicted molar refractivity (Wildman–Crippen MR) is 95.6 cm³/mol. The van der Waals surface area contributed by atoms with Gasteiger partial charge in [0.25, 0.3) is 5.91 Å². The van der Waals surface area contributed by atoms with Crippen LogP contribution in [0.1, 0.15) is 23.4 Å². The van der Waals surface area contributed by atoms with Gasteiger partial charge >= 0.3 is 5.97 Å². The molecule has 0 atom stereocenters. The maximum Gasteiger partial charge on any atom is 0.332 e.